The second-order valence-electron chi connectivity index (χ2n) is 8.67. The summed E-state index contributed by atoms with van der Waals surface area (Å²) in [7, 11) is 0. The maximum atomic E-state index is 13.2. The number of alkyl halides is 3. The minimum Gasteiger partial charge on any atom is -0.475 e. The molecule has 0 radical (unpaired) electrons. The average Bonchev–Trinajstić information content (AvgIpc) is 3.58. The summed E-state index contributed by atoms with van der Waals surface area (Å²) in [5.74, 6) is -2.80. The number of fused-ring (bicyclic) bond motifs is 3. The standard InChI is InChI=1S/C23H23N5O2.C2HF3O2/c1-16(2)28-9-6-20-21(28)14-26(23(29)17-7-10-30-15-17)11-18-12-27(25-22(18)20)13-19-5-3-4-8-24-19;3-2(4,5)1(6)7/h3-10,12,15-16H,11,13-14H2,1-2H3;(H,6,7). The van der Waals surface area contributed by atoms with Crippen molar-refractivity contribution in [2.24, 2.45) is 0 Å². The summed E-state index contributed by atoms with van der Waals surface area (Å²) in [4.78, 5) is 28.3. The summed E-state index contributed by atoms with van der Waals surface area (Å²) in [6.45, 7) is 5.90. The van der Waals surface area contributed by atoms with Crippen LogP contribution in [0.2, 0.25) is 0 Å². The maximum absolute atomic E-state index is 13.2. The van der Waals surface area contributed by atoms with Crippen LogP contribution < -0.4 is 0 Å². The quantitative estimate of drug-likeness (QED) is 0.420. The first-order valence-electron chi connectivity index (χ1n) is 11.3. The van der Waals surface area contributed by atoms with Crippen molar-refractivity contribution in [2.75, 3.05) is 0 Å². The van der Waals surface area contributed by atoms with Crippen LogP contribution >= 0.6 is 0 Å². The fourth-order valence-corrected chi connectivity index (χ4v) is 4.04. The van der Waals surface area contributed by atoms with E-state index in [0.717, 1.165) is 28.2 Å². The number of carbonyl (C=O) groups excluding carboxylic acids is 1. The average molecular weight is 515 g/mol. The zero-order valence-electron chi connectivity index (χ0n) is 20.0. The highest BCUT2D eigenvalue weighted by Gasteiger charge is 2.38. The zero-order valence-corrected chi connectivity index (χ0v) is 20.0. The number of hydrogen-bond acceptors (Lipinski definition) is 5. The Balaban J connectivity index is 0.000000405. The smallest absolute Gasteiger partial charge is 0.475 e. The van der Waals surface area contributed by atoms with Crippen LogP contribution in [0.5, 0.6) is 0 Å². The van der Waals surface area contributed by atoms with E-state index in [1.54, 1.807) is 12.3 Å². The molecule has 37 heavy (non-hydrogen) atoms. The van der Waals surface area contributed by atoms with E-state index in [9.17, 15) is 18.0 Å². The van der Waals surface area contributed by atoms with Crippen LogP contribution in [0.4, 0.5) is 13.2 Å². The summed E-state index contributed by atoms with van der Waals surface area (Å²) < 4.78 is 41.0. The van der Waals surface area contributed by atoms with Gasteiger partial charge in [-0.1, -0.05) is 6.07 Å². The first-order valence-corrected chi connectivity index (χ1v) is 11.3. The molecule has 0 bridgehead atoms. The van der Waals surface area contributed by atoms with E-state index in [-0.39, 0.29) is 11.9 Å². The van der Waals surface area contributed by atoms with Crippen molar-refractivity contribution >= 4 is 11.9 Å². The summed E-state index contributed by atoms with van der Waals surface area (Å²) in [5.41, 5.74) is 5.65. The molecule has 0 atom stereocenters. The molecule has 1 aliphatic heterocycles. The Hall–Kier alpha value is -4.35. The van der Waals surface area contributed by atoms with Crippen molar-refractivity contribution in [3.63, 3.8) is 0 Å². The molecule has 0 saturated heterocycles. The van der Waals surface area contributed by atoms with Crippen LogP contribution in [-0.2, 0) is 24.4 Å². The van der Waals surface area contributed by atoms with Crippen LogP contribution in [0.25, 0.3) is 11.3 Å². The first kappa shape index (κ1) is 25.7. The Labute approximate surface area is 209 Å². The third kappa shape index (κ3) is 5.74. The van der Waals surface area contributed by atoms with Gasteiger partial charge in [-0.3, -0.25) is 14.5 Å². The first-order chi connectivity index (χ1) is 17.5. The van der Waals surface area contributed by atoms with Gasteiger partial charge in [-0.25, -0.2) is 4.79 Å². The number of hydrogen-bond donors (Lipinski definition) is 1. The number of carbonyl (C=O) groups is 2. The lowest BCUT2D eigenvalue weighted by Gasteiger charge is -2.22. The number of nitrogens with zero attached hydrogens (tertiary/aromatic N) is 5. The monoisotopic (exact) mass is 515 g/mol. The van der Waals surface area contributed by atoms with Crippen molar-refractivity contribution in [1.29, 1.82) is 0 Å². The lowest BCUT2D eigenvalue weighted by Crippen LogP contribution is -2.30. The molecule has 0 aromatic carbocycles. The predicted octanol–water partition coefficient (Wildman–Crippen LogP) is 4.76. The number of amides is 1. The van der Waals surface area contributed by atoms with Crippen LogP contribution in [0, 0.1) is 0 Å². The molecule has 4 aromatic heterocycles. The summed E-state index contributed by atoms with van der Waals surface area (Å²) in [6.07, 6.45) is 3.85. The van der Waals surface area contributed by atoms with Crippen LogP contribution in [-0.4, -0.2) is 47.4 Å². The second-order valence-corrected chi connectivity index (χ2v) is 8.67. The minimum atomic E-state index is -5.08. The molecule has 1 amide bonds. The molecule has 12 heteroatoms. The van der Waals surface area contributed by atoms with E-state index in [4.69, 9.17) is 19.4 Å². The van der Waals surface area contributed by atoms with Crippen LogP contribution in [0.1, 0.15) is 47.2 Å². The van der Waals surface area contributed by atoms with Gasteiger partial charge in [0.05, 0.1) is 42.8 Å². The highest BCUT2D eigenvalue weighted by molar-refractivity contribution is 5.94. The molecular formula is C25H24F3N5O4. The largest absolute Gasteiger partial charge is 0.490 e. The van der Waals surface area contributed by atoms with E-state index in [1.807, 2.05) is 34.0 Å². The van der Waals surface area contributed by atoms with Gasteiger partial charge >= 0.3 is 12.1 Å². The van der Waals surface area contributed by atoms with E-state index in [2.05, 4.69) is 35.7 Å². The number of rotatable bonds is 4. The Morgan fingerprint density at radius 3 is 2.51 bits per heavy atom. The SMILES string of the molecule is CC(C)n1ccc2c1CN(C(=O)c1ccoc1)Cc1cn(Cc3ccccn3)nc1-2.O=C(O)C(F)(F)F. The highest BCUT2D eigenvalue weighted by atomic mass is 19.4. The van der Waals surface area contributed by atoms with Gasteiger partial charge in [0.2, 0.25) is 0 Å². The molecule has 0 aliphatic carbocycles. The third-order valence-electron chi connectivity index (χ3n) is 5.72. The van der Waals surface area contributed by atoms with Crippen molar-refractivity contribution in [1.82, 2.24) is 24.2 Å². The Bertz CT molecular complexity index is 1380. The van der Waals surface area contributed by atoms with Crippen molar-refractivity contribution in [3.8, 4) is 11.3 Å². The molecule has 194 valence electrons. The lowest BCUT2D eigenvalue weighted by molar-refractivity contribution is -0.192. The Morgan fingerprint density at radius 1 is 1.16 bits per heavy atom. The number of halogens is 3. The molecule has 0 spiro atoms. The fourth-order valence-electron chi connectivity index (χ4n) is 4.04. The molecule has 4 aromatic rings. The molecule has 1 N–H and O–H groups in total. The van der Waals surface area contributed by atoms with Crippen LogP contribution in [0.15, 0.2) is 65.9 Å². The van der Waals surface area contributed by atoms with Crippen LogP contribution in [0.3, 0.4) is 0 Å². The maximum Gasteiger partial charge on any atom is 0.490 e. The van der Waals surface area contributed by atoms with Gasteiger partial charge in [-0.15, -0.1) is 0 Å². The van der Waals surface area contributed by atoms with E-state index in [1.165, 1.54) is 12.5 Å². The van der Waals surface area contributed by atoms with Gasteiger partial charge in [0.1, 0.15) is 6.26 Å². The van der Waals surface area contributed by atoms with E-state index < -0.39 is 12.1 Å². The van der Waals surface area contributed by atoms with Gasteiger partial charge in [0, 0.05) is 41.5 Å². The van der Waals surface area contributed by atoms with Gasteiger partial charge in [0.15, 0.2) is 0 Å². The Morgan fingerprint density at radius 2 is 1.92 bits per heavy atom. The molecule has 1 aliphatic rings. The molecule has 5 rings (SSSR count). The van der Waals surface area contributed by atoms with Gasteiger partial charge in [0.25, 0.3) is 5.91 Å². The number of aromatic nitrogens is 4. The molecular weight excluding hydrogens is 491 g/mol. The molecule has 5 heterocycles. The molecule has 0 unspecified atom stereocenters. The van der Waals surface area contributed by atoms with E-state index >= 15 is 0 Å². The topological polar surface area (TPSA) is 106 Å². The van der Waals surface area contributed by atoms with Gasteiger partial charge in [-0.2, -0.15) is 18.3 Å². The van der Waals surface area contributed by atoms with Gasteiger partial charge in [-0.05, 0) is 38.1 Å². The summed E-state index contributed by atoms with van der Waals surface area (Å²) in [6, 6.07) is 9.98. The zero-order chi connectivity index (χ0) is 26.7. The van der Waals surface area contributed by atoms with Crippen molar-refractivity contribution in [2.45, 2.75) is 45.7 Å². The lowest BCUT2D eigenvalue weighted by atomic mass is 10.1. The van der Waals surface area contributed by atoms with Crippen molar-refractivity contribution < 1.29 is 32.3 Å². The van der Waals surface area contributed by atoms with Crippen molar-refractivity contribution in [3.05, 3.63) is 84.0 Å². The Kier molecular flexibility index (Phi) is 7.18. The minimum absolute atomic E-state index is 0.0449. The molecule has 0 fully saturated rings. The van der Waals surface area contributed by atoms with E-state index in [0.29, 0.717) is 25.2 Å². The number of aliphatic carboxylic acids is 1. The number of furan rings is 1. The molecule has 9 nitrogen and oxygen atoms in total. The fraction of sp³-hybridized carbons (Fsp3) is 0.280. The summed E-state index contributed by atoms with van der Waals surface area (Å²) >= 11 is 0. The molecule has 0 saturated carbocycles. The normalized spacial score (nSPS) is 12.9. The number of pyridine rings is 1. The summed E-state index contributed by atoms with van der Waals surface area (Å²) in [5, 5.41) is 12.0. The number of carboxylic acids is 1. The van der Waals surface area contributed by atoms with Gasteiger partial charge < -0.3 is 19.0 Å². The highest BCUT2D eigenvalue weighted by Crippen LogP contribution is 2.34. The predicted molar refractivity (Wildman–Crippen MR) is 125 cm³/mol. The second kappa shape index (κ2) is 10.3. The number of carboxylic acid groups (broad SMARTS) is 1. The third-order valence-corrected chi connectivity index (χ3v) is 5.72.